The van der Waals surface area contributed by atoms with Crippen LogP contribution in [0.1, 0.15) is 35.7 Å². The van der Waals surface area contributed by atoms with Crippen molar-refractivity contribution >= 4 is 11.6 Å². The highest BCUT2D eigenvalue weighted by Crippen LogP contribution is 2.38. The minimum Gasteiger partial charge on any atom is -0.837 e. The van der Waals surface area contributed by atoms with Gasteiger partial charge >= 0.3 is 0 Å². The summed E-state index contributed by atoms with van der Waals surface area (Å²) in [7, 11) is 0. The van der Waals surface area contributed by atoms with Gasteiger partial charge in [0.1, 0.15) is 12.3 Å². The van der Waals surface area contributed by atoms with Gasteiger partial charge in [0.05, 0.1) is 13.1 Å². The summed E-state index contributed by atoms with van der Waals surface area (Å²) < 4.78 is 13.0. The number of quaternary nitrogens is 1. The summed E-state index contributed by atoms with van der Waals surface area (Å²) >= 11 is 6.17. The summed E-state index contributed by atoms with van der Waals surface area (Å²) in [6.07, 6.45) is 2.29. The van der Waals surface area contributed by atoms with Crippen molar-refractivity contribution < 1.29 is 18.8 Å². The molecule has 0 saturated carbocycles. The standard InChI is InChI=1S/C29H28ClN3O3/c30-24-12-7-13-25(18-24)35-26-19-33(16-14-21(26)15-17-33)20-27-31-28(32-36-27)29(34,22-8-3-1-4-9-22)23-10-5-2-6-11-23/h1-13,18,21,26H,14-17,19-20H2/t21?,26-,33?/m0/s1. The van der Waals surface area contributed by atoms with Crippen molar-refractivity contribution in [2.24, 2.45) is 5.92 Å². The van der Waals surface area contributed by atoms with Gasteiger partial charge in [-0.2, -0.15) is 4.98 Å². The van der Waals surface area contributed by atoms with Crippen molar-refractivity contribution in [1.82, 2.24) is 10.1 Å². The molecule has 0 amide bonds. The summed E-state index contributed by atoms with van der Waals surface area (Å²) in [6, 6.07) is 26.1. The van der Waals surface area contributed by atoms with Crippen molar-refractivity contribution in [3.63, 3.8) is 0 Å². The van der Waals surface area contributed by atoms with Gasteiger partial charge < -0.3 is 18.8 Å². The topological polar surface area (TPSA) is 71.2 Å². The number of hydrogen-bond acceptors (Lipinski definition) is 5. The van der Waals surface area contributed by atoms with Crippen LogP contribution in [0.3, 0.4) is 0 Å². The number of fused-ring (bicyclic) bond motifs is 3. The fraction of sp³-hybridized carbons (Fsp3) is 0.310. The molecule has 1 aromatic heterocycles. The van der Waals surface area contributed by atoms with E-state index in [-0.39, 0.29) is 11.9 Å². The fourth-order valence-electron chi connectivity index (χ4n) is 5.81. The molecule has 3 fully saturated rings. The Hall–Kier alpha value is -3.19. The Balaban J connectivity index is 1.26. The molecule has 6 nitrogen and oxygen atoms in total. The van der Waals surface area contributed by atoms with E-state index < -0.39 is 5.60 Å². The van der Waals surface area contributed by atoms with Gasteiger partial charge in [-0.25, -0.2) is 0 Å². The van der Waals surface area contributed by atoms with Gasteiger partial charge in [-0.3, -0.25) is 0 Å². The largest absolute Gasteiger partial charge is 0.837 e. The first-order chi connectivity index (χ1) is 17.5. The second kappa shape index (κ2) is 9.36. The van der Waals surface area contributed by atoms with Crippen molar-refractivity contribution in [3.05, 3.63) is 113 Å². The molecule has 0 spiro atoms. The Morgan fingerprint density at radius 3 is 2.25 bits per heavy atom. The van der Waals surface area contributed by atoms with Crippen LogP contribution in [-0.2, 0) is 12.1 Å². The zero-order valence-electron chi connectivity index (χ0n) is 19.9. The number of aromatic nitrogens is 2. The average molecular weight is 502 g/mol. The van der Waals surface area contributed by atoms with Gasteiger partial charge in [-0.1, -0.05) is 83.5 Å². The molecule has 1 atom stereocenters. The zero-order valence-corrected chi connectivity index (χ0v) is 20.7. The molecule has 0 radical (unpaired) electrons. The van der Waals surface area contributed by atoms with E-state index >= 15 is 0 Å². The van der Waals surface area contributed by atoms with Gasteiger partial charge in [0.25, 0.3) is 5.89 Å². The summed E-state index contributed by atoms with van der Waals surface area (Å²) in [4.78, 5) is 4.70. The number of hydrogen-bond donors (Lipinski definition) is 0. The Bertz CT molecular complexity index is 1280. The quantitative estimate of drug-likeness (QED) is 0.347. The first-order valence-electron chi connectivity index (χ1n) is 12.5. The molecule has 4 aromatic rings. The van der Waals surface area contributed by atoms with Crippen LogP contribution in [0.25, 0.3) is 0 Å². The third-order valence-electron chi connectivity index (χ3n) is 7.74. The average Bonchev–Trinajstić information content (AvgIpc) is 3.38. The Morgan fingerprint density at radius 2 is 1.61 bits per heavy atom. The molecule has 0 unspecified atom stereocenters. The highest BCUT2D eigenvalue weighted by atomic mass is 35.5. The third-order valence-corrected chi connectivity index (χ3v) is 7.97. The summed E-state index contributed by atoms with van der Waals surface area (Å²) in [5, 5.41) is 19.3. The Kier molecular flexibility index (Phi) is 6.04. The van der Waals surface area contributed by atoms with Crippen LogP contribution >= 0.6 is 11.6 Å². The van der Waals surface area contributed by atoms with Gasteiger partial charge in [0.2, 0.25) is 0 Å². The minimum atomic E-state index is -1.75. The summed E-state index contributed by atoms with van der Waals surface area (Å²) in [6.45, 7) is 3.54. The van der Waals surface area contributed by atoms with Crippen LogP contribution in [0.4, 0.5) is 0 Å². The predicted molar refractivity (Wildman–Crippen MR) is 134 cm³/mol. The van der Waals surface area contributed by atoms with Crippen molar-refractivity contribution in [3.8, 4) is 5.75 Å². The van der Waals surface area contributed by atoms with Crippen LogP contribution in [0.15, 0.2) is 89.5 Å². The number of nitrogens with zero attached hydrogens (tertiary/aromatic N) is 3. The fourth-order valence-corrected chi connectivity index (χ4v) is 5.99. The normalized spacial score (nSPS) is 23.5. The lowest BCUT2D eigenvalue weighted by Crippen LogP contribution is -2.64. The molecule has 3 aromatic carbocycles. The first-order valence-corrected chi connectivity index (χ1v) is 12.8. The van der Waals surface area contributed by atoms with Crippen LogP contribution in [-0.4, -0.2) is 40.4 Å². The van der Waals surface area contributed by atoms with E-state index in [2.05, 4.69) is 5.16 Å². The molecule has 7 rings (SSSR count). The maximum Gasteiger partial charge on any atom is 0.281 e. The monoisotopic (exact) mass is 501 g/mol. The lowest BCUT2D eigenvalue weighted by molar-refractivity contribution is -0.959. The molecule has 3 aliphatic heterocycles. The number of piperidine rings is 3. The molecule has 36 heavy (non-hydrogen) atoms. The highest BCUT2D eigenvalue weighted by molar-refractivity contribution is 6.30. The molecular formula is C29H28ClN3O3. The van der Waals surface area contributed by atoms with Gasteiger partial charge in [0.15, 0.2) is 18.5 Å². The molecule has 184 valence electrons. The second-order valence-electron chi connectivity index (χ2n) is 10.0. The van der Waals surface area contributed by atoms with Crippen LogP contribution in [0.5, 0.6) is 5.75 Å². The molecule has 0 N–H and O–H groups in total. The van der Waals surface area contributed by atoms with Crippen LogP contribution in [0.2, 0.25) is 5.02 Å². The second-order valence-corrected chi connectivity index (χ2v) is 10.4. The van der Waals surface area contributed by atoms with Crippen LogP contribution in [0, 0.1) is 5.92 Å². The molecule has 2 bridgehead atoms. The molecule has 3 aliphatic rings. The molecule has 7 heteroatoms. The zero-order chi connectivity index (χ0) is 24.6. The van der Waals surface area contributed by atoms with Gasteiger partial charge in [-0.15, -0.1) is 0 Å². The van der Waals surface area contributed by atoms with E-state index in [0.29, 0.717) is 34.5 Å². The lowest BCUT2D eigenvalue weighted by Gasteiger charge is -2.51. The number of halogens is 1. The van der Waals surface area contributed by atoms with E-state index in [1.54, 1.807) is 0 Å². The number of rotatable bonds is 7. The number of ether oxygens (including phenoxy) is 1. The lowest BCUT2D eigenvalue weighted by atomic mass is 9.83. The van der Waals surface area contributed by atoms with Crippen molar-refractivity contribution in [2.75, 3.05) is 19.6 Å². The van der Waals surface area contributed by atoms with E-state index in [1.807, 2.05) is 84.9 Å². The molecular weight excluding hydrogens is 474 g/mol. The third kappa shape index (κ3) is 4.30. The summed E-state index contributed by atoms with van der Waals surface area (Å²) in [5.74, 6) is 1.99. The maximum absolute atomic E-state index is 14.4. The predicted octanol–water partition coefficient (Wildman–Crippen LogP) is 4.56. The Morgan fingerprint density at radius 1 is 0.944 bits per heavy atom. The molecule has 4 heterocycles. The molecule has 3 saturated heterocycles. The van der Waals surface area contributed by atoms with Gasteiger partial charge in [-0.05, 0) is 29.3 Å². The van der Waals surface area contributed by atoms with Gasteiger partial charge in [0, 0.05) is 29.4 Å². The SMILES string of the molecule is [O-]C(c1ccccc1)(c1ccccc1)c1noc(C[N+]23CCC(CC2)[C@@H](Oc2cccc(Cl)c2)C3)n1. The highest BCUT2D eigenvalue weighted by Gasteiger charge is 2.48. The Labute approximate surface area is 215 Å². The van der Waals surface area contributed by atoms with Crippen molar-refractivity contribution in [2.45, 2.75) is 31.1 Å². The van der Waals surface area contributed by atoms with Crippen molar-refractivity contribution in [1.29, 1.82) is 0 Å². The van der Waals surface area contributed by atoms with E-state index in [4.69, 9.17) is 25.8 Å². The molecule has 0 aliphatic carbocycles. The minimum absolute atomic E-state index is 0.112. The van der Waals surface area contributed by atoms with E-state index in [9.17, 15) is 5.11 Å². The smallest absolute Gasteiger partial charge is 0.281 e. The van der Waals surface area contributed by atoms with E-state index in [0.717, 1.165) is 42.7 Å². The van der Waals surface area contributed by atoms with Crippen LogP contribution < -0.4 is 9.84 Å². The maximum atomic E-state index is 14.4. The van der Waals surface area contributed by atoms with E-state index in [1.165, 1.54) is 0 Å². The summed E-state index contributed by atoms with van der Waals surface area (Å²) in [5.41, 5.74) is -0.578. The first kappa shape index (κ1) is 23.2. The number of benzene rings is 3.